The van der Waals surface area contributed by atoms with Gasteiger partial charge >= 0.3 is 0 Å². The maximum Gasteiger partial charge on any atom is 0.0589 e. The first-order chi connectivity index (χ1) is 4.84. The van der Waals surface area contributed by atoms with Gasteiger partial charge in [-0.3, -0.25) is 0 Å². The first-order valence-electron chi connectivity index (χ1n) is 4.27. The third kappa shape index (κ3) is 5.22. The lowest BCUT2D eigenvalue weighted by Gasteiger charge is -2.26. The Hall–Kier alpha value is -0.0800. The molecule has 3 N–H and O–H groups in total. The van der Waals surface area contributed by atoms with Gasteiger partial charge in [-0.25, -0.2) is 0 Å². The number of aliphatic hydroxyl groups is 1. The first-order valence-corrected chi connectivity index (χ1v) is 4.27. The van der Waals surface area contributed by atoms with Crippen molar-refractivity contribution in [3.63, 3.8) is 0 Å². The molecule has 2 nitrogen and oxygen atoms in total. The van der Waals surface area contributed by atoms with Crippen LogP contribution in [0.25, 0.3) is 0 Å². The van der Waals surface area contributed by atoms with Crippen LogP contribution in [0.15, 0.2) is 0 Å². The highest BCUT2D eigenvalue weighted by Crippen LogP contribution is 2.22. The van der Waals surface area contributed by atoms with E-state index >= 15 is 0 Å². The Bertz CT molecular complexity index is 105. The molecular weight excluding hydrogens is 138 g/mol. The predicted octanol–water partition coefficient (Wildman–Crippen LogP) is 1.52. The van der Waals surface area contributed by atoms with Gasteiger partial charge in [0.05, 0.1) is 6.10 Å². The smallest absolute Gasteiger partial charge is 0.0589 e. The third-order valence-electron chi connectivity index (χ3n) is 1.90. The minimum atomic E-state index is -0.228. The molecule has 11 heavy (non-hydrogen) atoms. The van der Waals surface area contributed by atoms with Crippen molar-refractivity contribution < 1.29 is 5.11 Å². The molecule has 2 heteroatoms. The molecule has 0 aliphatic carbocycles. The standard InChI is InChI=1S/C9H21NO/c1-7(10)5-6-8(11)9(2,3)4/h7-8,11H,5-6,10H2,1-4H3. The highest BCUT2D eigenvalue weighted by molar-refractivity contribution is 4.73. The number of aliphatic hydroxyl groups excluding tert-OH is 1. The van der Waals surface area contributed by atoms with Crippen molar-refractivity contribution in [1.29, 1.82) is 0 Å². The summed E-state index contributed by atoms with van der Waals surface area (Å²) in [5.41, 5.74) is 5.57. The van der Waals surface area contributed by atoms with Crippen molar-refractivity contribution in [3.8, 4) is 0 Å². The van der Waals surface area contributed by atoms with E-state index in [0.29, 0.717) is 0 Å². The van der Waals surface area contributed by atoms with Gasteiger partial charge in [0.25, 0.3) is 0 Å². The second-order valence-electron chi connectivity index (χ2n) is 4.44. The average Bonchev–Trinajstić information content (AvgIpc) is 1.80. The van der Waals surface area contributed by atoms with Gasteiger partial charge in [0.1, 0.15) is 0 Å². The SMILES string of the molecule is CC(N)CCC(O)C(C)(C)C. The molecule has 0 amide bonds. The molecule has 0 saturated heterocycles. The van der Waals surface area contributed by atoms with E-state index in [9.17, 15) is 5.11 Å². The summed E-state index contributed by atoms with van der Waals surface area (Å²) < 4.78 is 0. The van der Waals surface area contributed by atoms with Crippen LogP contribution in [-0.2, 0) is 0 Å². The summed E-state index contributed by atoms with van der Waals surface area (Å²) in [6, 6.07) is 0.201. The second-order valence-corrected chi connectivity index (χ2v) is 4.44. The monoisotopic (exact) mass is 159 g/mol. The van der Waals surface area contributed by atoms with Crippen molar-refractivity contribution in [1.82, 2.24) is 0 Å². The van der Waals surface area contributed by atoms with Crippen LogP contribution in [0.3, 0.4) is 0 Å². The normalized spacial score (nSPS) is 18.0. The fourth-order valence-electron chi connectivity index (χ4n) is 0.854. The topological polar surface area (TPSA) is 46.2 Å². The summed E-state index contributed by atoms with van der Waals surface area (Å²) in [4.78, 5) is 0. The van der Waals surface area contributed by atoms with E-state index in [1.165, 1.54) is 0 Å². The molecule has 68 valence electrons. The molecule has 0 bridgehead atoms. The van der Waals surface area contributed by atoms with E-state index in [-0.39, 0.29) is 17.6 Å². The molecule has 0 aliphatic heterocycles. The van der Waals surface area contributed by atoms with Crippen LogP contribution in [0, 0.1) is 5.41 Å². The maximum absolute atomic E-state index is 9.58. The average molecular weight is 159 g/mol. The fraction of sp³-hybridized carbons (Fsp3) is 1.00. The Kier molecular flexibility index (Phi) is 4.04. The van der Waals surface area contributed by atoms with Crippen LogP contribution < -0.4 is 5.73 Å². The van der Waals surface area contributed by atoms with Crippen molar-refractivity contribution in [2.75, 3.05) is 0 Å². The Morgan fingerprint density at radius 1 is 1.27 bits per heavy atom. The largest absolute Gasteiger partial charge is 0.393 e. The van der Waals surface area contributed by atoms with Crippen molar-refractivity contribution in [2.45, 2.75) is 52.7 Å². The van der Waals surface area contributed by atoms with E-state index in [0.717, 1.165) is 12.8 Å². The van der Waals surface area contributed by atoms with Gasteiger partial charge in [0.2, 0.25) is 0 Å². The Balaban J connectivity index is 3.61. The Morgan fingerprint density at radius 3 is 2.00 bits per heavy atom. The Morgan fingerprint density at radius 2 is 1.73 bits per heavy atom. The third-order valence-corrected chi connectivity index (χ3v) is 1.90. The molecule has 2 atom stereocenters. The van der Waals surface area contributed by atoms with Crippen LogP contribution in [0.1, 0.15) is 40.5 Å². The zero-order valence-corrected chi connectivity index (χ0v) is 8.09. The van der Waals surface area contributed by atoms with Crippen LogP contribution in [0.5, 0.6) is 0 Å². The number of nitrogens with two attached hydrogens (primary N) is 1. The zero-order chi connectivity index (χ0) is 9.07. The first kappa shape index (κ1) is 10.9. The second kappa shape index (κ2) is 4.07. The quantitative estimate of drug-likeness (QED) is 0.656. The lowest BCUT2D eigenvalue weighted by molar-refractivity contribution is 0.0527. The van der Waals surface area contributed by atoms with Gasteiger partial charge < -0.3 is 10.8 Å². The lowest BCUT2D eigenvalue weighted by atomic mass is 9.86. The fourth-order valence-corrected chi connectivity index (χ4v) is 0.854. The van der Waals surface area contributed by atoms with Gasteiger partial charge in [0, 0.05) is 6.04 Å². The van der Waals surface area contributed by atoms with Crippen molar-refractivity contribution in [2.24, 2.45) is 11.1 Å². The van der Waals surface area contributed by atoms with E-state index in [1.807, 2.05) is 27.7 Å². The summed E-state index contributed by atoms with van der Waals surface area (Å²) in [6.45, 7) is 8.09. The predicted molar refractivity (Wildman–Crippen MR) is 48.3 cm³/mol. The highest BCUT2D eigenvalue weighted by Gasteiger charge is 2.21. The summed E-state index contributed by atoms with van der Waals surface area (Å²) >= 11 is 0. The van der Waals surface area contributed by atoms with Crippen LogP contribution in [0.2, 0.25) is 0 Å². The zero-order valence-electron chi connectivity index (χ0n) is 8.09. The van der Waals surface area contributed by atoms with E-state index in [2.05, 4.69) is 0 Å². The van der Waals surface area contributed by atoms with Crippen LogP contribution >= 0.6 is 0 Å². The van der Waals surface area contributed by atoms with Gasteiger partial charge in [0.15, 0.2) is 0 Å². The minimum absolute atomic E-state index is 0.00507. The van der Waals surface area contributed by atoms with Crippen molar-refractivity contribution in [3.05, 3.63) is 0 Å². The van der Waals surface area contributed by atoms with Crippen LogP contribution in [-0.4, -0.2) is 17.3 Å². The van der Waals surface area contributed by atoms with Gasteiger partial charge in [-0.1, -0.05) is 20.8 Å². The Labute approximate surface area is 69.8 Å². The molecule has 0 aromatic heterocycles. The summed E-state index contributed by atoms with van der Waals surface area (Å²) in [5, 5.41) is 9.58. The van der Waals surface area contributed by atoms with Gasteiger partial charge in [-0.15, -0.1) is 0 Å². The summed E-state index contributed by atoms with van der Waals surface area (Å²) in [5.74, 6) is 0. The summed E-state index contributed by atoms with van der Waals surface area (Å²) in [7, 11) is 0. The summed E-state index contributed by atoms with van der Waals surface area (Å²) in [6.07, 6.45) is 1.48. The maximum atomic E-state index is 9.58. The lowest BCUT2D eigenvalue weighted by Crippen LogP contribution is -2.28. The molecule has 0 saturated carbocycles. The van der Waals surface area contributed by atoms with E-state index < -0.39 is 0 Å². The molecule has 0 aromatic rings. The molecule has 0 fully saturated rings. The molecule has 0 spiro atoms. The molecule has 0 rings (SSSR count). The molecule has 0 radical (unpaired) electrons. The minimum Gasteiger partial charge on any atom is -0.393 e. The molecule has 0 aliphatic rings. The van der Waals surface area contributed by atoms with Crippen molar-refractivity contribution >= 4 is 0 Å². The van der Waals surface area contributed by atoms with Gasteiger partial charge in [-0.05, 0) is 25.2 Å². The number of hydrogen-bond acceptors (Lipinski definition) is 2. The van der Waals surface area contributed by atoms with E-state index in [1.54, 1.807) is 0 Å². The molecule has 2 unspecified atom stereocenters. The molecule has 0 aromatic carbocycles. The van der Waals surface area contributed by atoms with Crippen LogP contribution in [0.4, 0.5) is 0 Å². The molecule has 0 heterocycles. The van der Waals surface area contributed by atoms with E-state index in [4.69, 9.17) is 5.73 Å². The number of hydrogen-bond donors (Lipinski definition) is 2. The number of rotatable bonds is 3. The van der Waals surface area contributed by atoms with Gasteiger partial charge in [-0.2, -0.15) is 0 Å². The highest BCUT2D eigenvalue weighted by atomic mass is 16.3. The molecular formula is C9H21NO.